The molecule has 2 unspecified atom stereocenters. The third kappa shape index (κ3) is 7.44. The van der Waals surface area contributed by atoms with Crippen LogP contribution in [0.2, 0.25) is 0 Å². The summed E-state index contributed by atoms with van der Waals surface area (Å²) in [5, 5.41) is 0. The average Bonchev–Trinajstić information content (AvgIpc) is 2.77. The van der Waals surface area contributed by atoms with Gasteiger partial charge in [0.1, 0.15) is 12.2 Å². The van der Waals surface area contributed by atoms with Crippen molar-refractivity contribution in [1.29, 1.82) is 0 Å². The second-order valence-electron chi connectivity index (χ2n) is 12.9. The highest BCUT2D eigenvalue weighted by atomic mass is 16.5. The molecule has 0 aromatic heterocycles. The van der Waals surface area contributed by atoms with Gasteiger partial charge in [-0.3, -0.25) is 19.4 Å². The van der Waals surface area contributed by atoms with Crippen LogP contribution in [0.25, 0.3) is 0 Å². The largest absolute Gasteiger partial charge is 0.456 e. The summed E-state index contributed by atoms with van der Waals surface area (Å²) in [6.45, 7) is 17.2. The fourth-order valence-corrected chi connectivity index (χ4v) is 5.22. The summed E-state index contributed by atoms with van der Waals surface area (Å²) < 4.78 is 11.6. The third-order valence-electron chi connectivity index (χ3n) is 8.74. The zero-order valence-electron chi connectivity index (χ0n) is 24.6. The van der Waals surface area contributed by atoms with E-state index in [-0.39, 0.29) is 46.3 Å². The fourth-order valence-electron chi connectivity index (χ4n) is 5.22. The molecule has 0 amide bonds. The van der Waals surface area contributed by atoms with E-state index in [1.807, 2.05) is 12.2 Å². The molecular formula is C30H52N2O4. The molecule has 0 aromatic rings. The maximum atomic E-state index is 12.4. The Morgan fingerprint density at radius 3 is 1.25 bits per heavy atom. The van der Waals surface area contributed by atoms with Gasteiger partial charge in [0.2, 0.25) is 0 Å². The van der Waals surface area contributed by atoms with Crippen LogP contribution in [-0.4, -0.2) is 70.2 Å². The van der Waals surface area contributed by atoms with Crippen LogP contribution in [0.5, 0.6) is 0 Å². The van der Waals surface area contributed by atoms with Crippen molar-refractivity contribution in [3.05, 3.63) is 24.3 Å². The second-order valence-corrected chi connectivity index (χ2v) is 12.9. The maximum Gasteiger partial charge on any atom is 0.306 e. The van der Waals surface area contributed by atoms with Crippen LogP contribution in [0.4, 0.5) is 0 Å². The van der Waals surface area contributed by atoms with E-state index in [9.17, 15) is 9.59 Å². The summed E-state index contributed by atoms with van der Waals surface area (Å²) in [4.78, 5) is 29.3. The molecular weight excluding hydrogens is 452 g/mol. The summed E-state index contributed by atoms with van der Waals surface area (Å²) in [7, 11) is 4.16. The van der Waals surface area contributed by atoms with Crippen molar-refractivity contribution in [1.82, 2.24) is 9.80 Å². The van der Waals surface area contributed by atoms with Gasteiger partial charge >= 0.3 is 11.9 Å². The van der Waals surface area contributed by atoms with Crippen molar-refractivity contribution in [2.75, 3.05) is 14.1 Å². The van der Waals surface area contributed by atoms with E-state index in [1.165, 1.54) is 0 Å². The molecule has 2 aliphatic rings. The number of hydrogen-bond acceptors (Lipinski definition) is 6. The number of rotatable bonds is 11. The zero-order chi connectivity index (χ0) is 27.4. The molecule has 0 aliphatic carbocycles. The average molecular weight is 505 g/mol. The van der Waals surface area contributed by atoms with Crippen LogP contribution in [-0.2, 0) is 19.1 Å². The number of carbonyl (C=O) groups excluding carboxylic acids is 2. The number of nitrogens with zero attached hydrogens (tertiary/aromatic N) is 2. The fraction of sp³-hybridized carbons (Fsp3) is 0.800. The van der Waals surface area contributed by atoms with Crippen LogP contribution < -0.4 is 0 Å². The molecule has 2 rings (SSSR count). The van der Waals surface area contributed by atoms with Gasteiger partial charge in [0.05, 0.1) is 11.1 Å². The van der Waals surface area contributed by atoms with E-state index in [2.05, 4.69) is 91.4 Å². The Balaban J connectivity index is 1.59. The van der Waals surface area contributed by atoms with Crippen molar-refractivity contribution >= 4 is 11.9 Å². The minimum atomic E-state index is -0.245. The van der Waals surface area contributed by atoms with Crippen LogP contribution in [0.3, 0.4) is 0 Å². The summed E-state index contributed by atoms with van der Waals surface area (Å²) in [6, 6.07) is 0. The van der Waals surface area contributed by atoms with Gasteiger partial charge in [0.25, 0.3) is 0 Å². The van der Waals surface area contributed by atoms with E-state index in [0.717, 1.165) is 38.5 Å². The lowest BCUT2D eigenvalue weighted by molar-refractivity contribution is -0.156. The van der Waals surface area contributed by atoms with Crippen molar-refractivity contribution in [2.24, 2.45) is 0 Å². The smallest absolute Gasteiger partial charge is 0.306 e. The molecule has 0 fully saturated rings. The molecule has 0 saturated carbocycles. The zero-order valence-corrected chi connectivity index (χ0v) is 24.6. The van der Waals surface area contributed by atoms with Gasteiger partial charge in [-0.25, -0.2) is 0 Å². The van der Waals surface area contributed by atoms with Crippen LogP contribution in [0.1, 0.15) is 107 Å². The molecule has 6 nitrogen and oxygen atoms in total. The molecule has 2 heterocycles. The Labute approximate surface area is 220 Å². The minimum absolute atomic E-state index is 0.0550. The van der Waals surface area contributed by atoms with Gasteiger partial charge < -0.3 is 9.47 Å². The molecule has 0 spiro atoms. The Kier molecular flexibility index (Phi) is 10.0. The number of unbranched alkanes of at least 4 members (excludes halogenated alkanes) is 5. The molecule has 206 valence electrons. The summed E-state index contributed by atoms with van der Waals surface area (Å²) in [5.41, 5.74) is -0.601. The normalized spacial score (nSPS) is 26.5. The van der Waals surface area contributed by atoms with Crippen molar-refractivity contribution in [2.45, 2.75) is 141 Å². The summed E-state index contributed by atoms with van der Waals surface area (Å²) >= 11 is 0. The molecule has 36 heavy (non-hydrogen) atoms. The maximum absolute atomic E-state index is 12.4. The first kappa shape index (κ1) is 30.6. The predicted octanol–water partition coefficient (Wildman–Crippen LogP) is 6.05. The molecule has 6 heteroatoms. The van der Waals surface area contributed by atoms with E-state index in [0.29, 0.717) is 12.8 Å². The highest BCUT2D eigenvalue weighted by Crippen LogP contribution is 2.35. The molecule has 0 radical (unpaired) electrons. The third-order valence-corrected chi connectivity index (χ3v) is 8.74. The van der Waals surface area contributed by atoms with Gasteiger partial charge in [-0.15, -0.1) is 0 Å². The minimum Gasteiger partial charge on any atom is -0.456 e. The topological polar surface area (TPSA) is 59.1 Å². The SMILES string of the molecule is CN1C(C)(C)C=CC(OC(=O)CCCCCCCCC(=O)OC2C=CC(C)(C)N(C)C2(C)C)C1(C)C. The Morgan fingerprint density at radius 1 is 0.611 bits per heavy atom. The van der Waals surface area contributed by atoms with Crippen LogP contribution in [0, 0.1) is 0 Å². The van der Waals surface area contributed by atoms with Gasteiger partial charge in [0.15, 0.2) is 0 Å². The predicted molar refractivity (Wildman–Crippen MR) is 147 cm³/mol. The lowest BCUT2D eigenvalue weighted by Gasteiger charge is -2.50. The number of ether oxygens (including phenoxy) is 2. The number of likely N-dealkylation sites (N-methyl/N-ethyl adjacent to an activating group) is 2. The van der Waals surface area contributed by atoms with Gasteiger partial charge in [-0.1, -0.05) is 37.8 Å². The Bertz CT molecular complexity index is 757. The summed E-state index contributed by atoms with van der Waals surface area (Å²) in [5.74, 6) is -0.246. The van der Waals surface area contributed by atoms with Crippen LogP contribution >= 0.6 is 0 Å². The first-order chi connectivity index (χ1) is 16.5. The molecule has 2 atom stereocenters. The van der Waals surface area contributed by atoms with Gasteiger partial charge in [-0.05, 0) is 94.5 Å². The number of hydrogen-bond donors (Lipinski definition) is 0. The van der Waals surface area contributed by atoms with E-state index in [4.69, 9.17) is 9.47 Å². The van der Waals surface area contributed by atoms with E-state index in [1.54, 1.807) is 0 Å². The van der Waals surface area contributed by atoms with Crippen molar-refractivity contribution in [3.63, 3.8) is 0 Å². The van der Waals surface area contributed by atoms with Gasteiger partial charge in [-0.2, -0.15) is 0 Å². The summed E-state index contributed by atoms with van der Waals surface area (Å²) in [6.07, 6.45) is 14.6. The first-order valence-corrected chi connectivity index (χ1v) is 13.8. The molecule has 0 aromatic carbocycles. The molecule has 0 saturated heterocycles. The highest BCUT2D eigenvalue weighted by molar-refractivity contribution is 5.70. The van der Waals surface area contributed by atoms with Crippen molar-refractivity contribution < 1.29 is 19.1 Å². The number of carbonyl (C=O) groups is 2. The standard InChI is InChI=1S/C30H52N2O4/c1-27(2)21-19-23(29(5,6)31(27)9)35-25(33)17-15-13-11-12-14-16-18-26(34)36-24-20-22-28(3,4)32(10)30(24,7)8/h19-24H,11-18H2,1-10H3. The van der Waals surface area contributed by atoms with Gasteiger partial charge in [0, 0.05) is 23.9 Å². The Hall–Kier alpha value is -1.66. The molecule has 0 N–H and O–H groups in total. The first-order valence-electron chi connectivity index (χ1n) is 13.8. The number of esters is 2. The second kappa shape index (κ2) is 11.8. The quantitative estimate of drug-likeness (QED) is 0.194. The van der Waals surface area contributed by atoms with E-state index < -0.39 is 0 Å². The molecule has 2 aliphatic heterocycles. The molecule has 0 bridgehead atoms. The van der Waals surface area contributed by atoms with Crippen molar-refractivity contribution in [3.8, 4) is 0 Å². The Morgan fingerprint density at radius 2 is 0.917 bits per heavy atom. The monoisotopic (exact) mass is 504 g/mol. The lowest BCUT2D eigenvalue weighted by Crippen LogP contribution is -2.61. The lowest BCUT2D eigenvalue weighted by atomic mass is 9.83. The van der Waals surface area contributed by atoms with Crippen LogP contribution in [0.15, 0.2) is 24.3 Å². The highest BCUT2D eigenvalue weighted by Gasteiger charge is 2.44. The van der Waals surface area contributed by atoms with E-state index >= 15 is 0 Å².